The molecule has 0 aliphatic rings. The first kappa shape index (κ1) is 46.1. The largest absolute Gasteiger partial charge is 0.461 e. The number of carbonyl (C=O) groups excluding carboxylic acids is 2. The summed E-state index contributed by atoms with van der Waals surface area (Å²) >= 11 is 0. The van der Waals surface area contributed by atoms with Gasteiger partial charge in [-0.25, -0.2) is 9.78 Å². The van der Waals surface area contributed by atoms with Crippen LogP contribution in [0.15, 0.2) is 61.1 Å². The summed E-state index contributed by atoms with van der Waals surface area (Å²) in [6.07, 6.45) is 53.1. The first-order valence-electron chi connectivity index (χ1n) is 21.1. The zero-order valence-corrected chi connectivity index (χ0v) is 33.2. The normalized spacial score (nSPS) is 12.7. The quantitative estimate of drug-likeness (QED) is 0.0418. The molecule has 51 heavy (non-hydrogen) atoms. The van der Waals surface area contributed by atoms with Gasteiger partial charge in [0.1, 0.15) is 12.1 Å². The minimum absolute atomic E-state index is 0.104. The van der Waals surface area contributed by atoms with E-state index in [-0.39, 0.29) is 18.0 Å². The summed E-state index contributed by atoms with van der Waals surface area (Å²) in [4.78, 5) is 32.3. The van der Waals surface area contributed by atoms with E-state index in [0.717, 1.165) is 44.2 Å². The molecule has 0 saturated heterocycles. The number of nitrogens with one attached hydrogen (secondary N) is 2. The van der Waals surface area contributed by atoms with Crippen LogP contribution in [0.25, 0.3) is 0 Å². The number of hydrogen-bond acceptors (Lipinski definition) is 4. The number of allylic oxidation sites excluding steroid dienone is 8. The number of carbonyl (C=O) groups is 2. The van der Waals surface area contributed by atoms with Crippen molar-refractivity contribution in [3.05, 3.63) is 66.8 Å². The Balaban J connectivity index is 2.35. The van der Waals surface area contributed by atoms with Crippen molar-refractivity contribution in [2.24, 2.45) is 0 Å². The fraction of sp³-hybridized carbons (Fsp3) is 0.711. The van der Waals surface area contributed by atoms with E-state index in [1.54, 1.807) is 12.5 Å². The monoisotopic (exact) mass is 708 g/mol. The van der Waals surface area contributed by atoms with E-state index in [1.807, 2.05) is 0 Å². The lowest BCUT2D eigenvalue weighted by Gasteiger charge is -2.22. The highest BCUT2D eigenvalue weighted by atomic mass is 16.5. The zero-order chi connectivity index (χ0) is 36.9. The van der Waals surface area contributed by atoms with Crippen molar-refractivity contribution in [2.75, 3.05) is 0 Å². The number of amides is 1. The van der Waals surface area contributed by atoms with Gasteiger partial charge in [-0.1, -0.05) is 140 Å². The van der Waals surface area contributed by atoms with Crippen LogP contribution in [-0.2, 0) is 20.7 Å². The van der Waals surface area contributed by atoms with Gasteiger partial charge in [0.2, 0.25) is 5.91 Å². The highest BCUT2D eigenvalue weighted by Crippen LogP contribution is 2.19. The second-order valence-corrected chi connectivity index (χ2v) is 14.3. The summed E-state index contributed by atoms with van der Waals surface area (Å²) in [7, 11) is 0. The maximum absolute atomic E-state index is 13.3. The average molecular weight is 708 g/mol. The van der Waals surface area contributed by atoms with E-state index in [1.165, 1.54) is 135 Å². The SMILES string of the molecule is CCCCC/C=C\C/C=C\CCCCCCCCC(CCCCCCCC/C=C\C/C=C\CCCCC)OC(=O)C(Cc1cnc[nH]1)NC(C)=O. The molecule has 6 nitrogen and oxygen atoms in total. The second kappa shape index (κ2) is 35.5. The lowest BCUT2D eigenvalue weighted by molar-refractivity contribution is -0.153. The van der Waals surface area contributed by atoms with Gasteiger partial charge >= 0.3 is 5.97 Å². The fourth-order valence-corrected chi connectivity index (χ4v) is 6.28. The van der Waals surface area contributed by atoms with Gasteiger partial charge in [-0.05, 0) is 89.9 Å². The van der Waals surface area contributed by atoms with Crippen molar-refractivity contribution in [3.63, 3.8) is 0 Å². The Kier molecular flexibility index (Phi) is 32.1. The summed E-state index contributed by atoms with van der Waals surface area (Å²) < 4.78 is 6.10. The molecule has 1 aromatic heterocycles. The summed E-state index contributed by atoms with van der Waals surface area (Å²) in [5.74, 6) is -0.576. The summed E-state index contributed by atoms with van der Waals surface area (Å²) in [6.45, 7) is 5.94. The molecular weight excluding hydrogens is 631 g/mol. The Morgan fingerprint density at radius 3 is 1.49 bits per heavy atom. The molecule has 1 atom stereocenters. The van der Waals surface area contributed by atoms with E-state index >= 15 is 0 Å². The number of aromatic nitrogens is 2. The van der Waals surface area contributed by atoms with E-state index in [0.29, 0.717) is 6.42 Å². The van der Waals surface area contributed by atoms with Gasteiger partial charge in [-0.3, -0.25) is 4.79 Å². The molecule has 1 amide bonds. The number of hydrogen-bond donors (Lipinski definition) is 2. The van der Waals surface area contributed by atoms with Crippen LogP contribution in [0.5, 0.6) is 0 Å². The molecule has 1 aromatic rings. The fourth-order valence-electron chi connectivity index (χ4n) is 6.28. The first-order valence-corrected chi connectivity index (χ1v) is 21.1. The van der Waals surface area contributed by atoms with Crippen molar-refractivity contribution in [1.29, 1.82) is 0 Å². The maximum Gasteiger partial charge on any atom is 0.329 e. The van der Waals surface area contributed by atoms with Crippen LogP contribution in [0.3, 0.4) is 0 Å². The number of ether oxygens (including phenoxy) is 1. The Bertz CT molecular complexity index is 995. The third-order valence-corrected chi connectivity index (χ3v) is 9.38. The molecule has 0 saturated carbocycles. The van der Waals surface area contributed by atoms with Crippen LogP contribution in [0.1, 0.15) is 193 Å². The standard InChI is InChI=1S/C45H77N3O3/c1-4-6-8-10-12-14-16-18-20-22-24-26-28-30-32-34-36-43(51-45(50)44(48-41(3)49)38-42-39-46-40-47-42)37-35-33-31-29-27-25-23-21-19-17-15-13-11-9-7-5-2/h12-15,18-21,39-40,43-44H,4-11,16-17,22-38H2,1-3H3,(H,46,47)(H,48,49)/b14-12-,15-13-,20-18-,21-19-. The molecule has 0 fully saturated rings. The van der Waals surface area contributed by atoms with E-state index in [2.05, 4.69) is 77.7 Å². The van der Waals surface area contributed by atoms with Crippen LogP contribution in [-0.4, -0.2) is 34.0 Å². The number of nitrogens with zero attached hydrogens (tertiary/aromatic N) is 1. The van der Waals surface area contributed by atoms with Gasteiger partial charge in [0.15, 0.2) is 0 Å². The van der Waals surface area contributed by atoms with Crippen molar-refractivity contribution in [2.45, 2.75) is 206 Å². The first-order chi connectivity index (χ1) is 25.1. The van der Waals surface area contributed by atoms with Crippen LogP contribution in [0.2, 0.25) is 0 Å². The average Bonchev–Trinajstić information content (AvgIpc) is 3.63. The number of esters is 1. The minimum atomic E-state index is -0.711. The molecule has 1 heterocycles. The molecule has 2 N–H and O–H groups in total. The second-order valence-electron chi connectivity index (χ2n) is 14.3. The van der Waals surface area contributed by atoms with Crippen molar-refractivity contribution < 1.29 is 14.3 Å². The Morgan fingerprint density at radius 2 is 1.08 bits per heavy atom. The summed E-state index contributed by atoms with van der Waals surface area (Å²) in [5.41, 5.74) is 0.803. The topological polar surface area (TPSA) is 84.1 Å². The number of unbranched alkanes of at least 4 members (excludes halogenated alkanes) is 18. The van der Waals surface area contributed by atoms with Crippen molar-refractivity contribution in [3.8, 4) is 0 Å². The lowest BCUT2D eigenvalue weighted by atomic mass is 10.0. The Labute approximate surface area is 313 Å². The van der Waals surface area contributed by atoms with Gasteiger partial charge in [-0.15, -0.1) is 0 Å². The number of rotatable bonds is 35. The van der Waals surface area contributed by atoms with Crippen LogP contribution in [0, 0.1) is 0 Å². The molecule has 0 spiro atoms. The molecule has 1 rings (SSSR count). The third-order valence-electron chi connectivity index (χ3n) is 9.38. The molecule has 0 bridgehead atoms. The van der Waals surface area contributed by atoms with Crippen molar-refractivity contribution in [1.82, 2.24) is 15.3 Å². The zero-order valence-electron chi connectivity index (χ0n) is 33.2. The molecular formula is C45H77N3O3. The smallest absolute Gasteiger partial charge is 0.329 e. The van der Waals surface area contributed by atoms with E-state index in [9.17, 15) is 9.59 Å². The Morgan fingerprint density at radius 1 is 0.647 bits per heavy atom. The Hall–Kier alpha value is -2.89. The highest BCUT2D eigenvalue weighted by Gasteiger charge is 2.25. The van der Waals surface area contributed by atoms with Crippen LogP contribution < -0.4 is 5.32 Å². The molecule has 0 radical (unpaired) electrons. The van der Waals surface area contributed by atoms with Crippen molar-refractivity contribution >= 4 is 11.9 Å². The maximum atomic E-state index is 13.3. The van der Waals surface area contributed by atoms with Crippen LogP contribution in [0.4, 0.5) is 0 Å². The molecule has 0 aliphatic heterocycles. The van der Waals surface area contributed by atoms with Gasteiger partial charge < -0.3 is 15.0 Å². The minimum Gasteiger partial charge on any atom is -0.461 e. The van der Waals surface area contributed by atoms with Gasteiger partial charge in [-0.2, -0.15) is 0 Å². The molecule has 0 aromatic carbocycles. The number of aromatic amines is 1. The molecule has 290 valence electrons. The molecule has 1 unspecified atom stereocenters. The molecule has 0 aliphatic carbocycles. The van der Waals surface area contributed by atoms with E-state index < -0.39 is 6.04 Å². The predicted octanol–water partition coefficient (Wildman–Crippen LogP) is 12.8. The number of imidazole rings is 1. The van der Waals surface area contributed by atoms with Gasteiger partial charge in [0.05, 0.1) is 6.33 Å². The van der Waals surface area contributed by atoms with E-state index in [4.69, 9.17) is 4.74 Å². The highest BCUT2D eigenvalue weighted by molar-refractivity contribution is 5.83. The van der Waals surface area contributed by atoms with Crippen LogP contribution >= 0.6 is 0 Å². The summed E-state index contributed by atoms with van der Waals surface area (Å²) in [6, 6.07) is -0.711. The number of H-pyrrole nitrogens is 1. The predicted molar refractivity (Wildman–Crippen MR) is 218 cm³/mol. The lowest BCUT2D eigenvalue weighted by Crippen LogP contribution is -2.43. The van der Waals surface area contributed by atoms with Gasteiger partial charge in [0.25, 0.3) is 0 Å². The molecule has 6 heteroatoms. The summed E-state index contributed by atoms with van der Waals surface area (Å²) in [5, 5.41) is 2.79. The van der Waals surface area contributed by atoms with Gasteiger partial charge in [0, 0.05) is 25.2 Å². The third kappa shape index (κ3) is 30.4.